The Balaban J connectivity index is 0. The van der Waals surface area contributed by atoms with Crippen LogP contribution < -0.4 is 0 Å². The summed E-state index contributed by atoms with van der Waals surface area (Å²) >= 11 is 3.73. The van der Waals surface area contributed by atoms with Crippen molar-refractivity contribution in [2.24, 2.45) is 0 Å². The molecule has 0 aliphatic carbocycles. The van der Waals surface area contributed by atoms with Gasteiger partial charge in [-0.1, -0.05) is 13.8 Å². The Kier molecular flexibility index (Phi) is 11.8. The Hall–Kier alpha value is 1.36. The van der Waals surface area contributed by atoms with Gasteiger partial charge < -0.3 is 0 Å². The van der Waals surface area contributed by atoms with Gasteiger partial charge in [0.25, 0.3) is 3.91 Å². The summed E-state index contributed by atoms with van der Waals surface area (Å²) in [6.07, 6.45) is 0. The molecule has 0 bridgehead atoms. The van der Waals surface area contributed by atoms with E-state index >= 15 is 0 Å². The summed E-state index contributed by atoms with van der Waals surface area (Å²) in [5, 5.41) is 0. The molecular weight excluding hydrogens is 375 g/mol. The fourth-order valence-corrected chi connectivity index (χ4v) is 1.04. The number of hydrogen-bond donors (Lipinski definition) is 0. The Morgan fingerprint density at radius 1 is 1.60 bits per heavy atom. The van der Waals surface area contributed by atoms with Crippen LogP contribution >= 0.6 is 54.7 Å². The first-order valence-electron chi connectivity index (χ1n) is 2.95. The molecule has 2 unspecified atom stereocenters. The van der Waals surface area contributed by atoms with Crippen molar-refractivity contribution in [3.8, 4) is 0 Å². The first-order chi connectivity index (χ1) is 4.55. The van der Waals surface area contributed by atoms with Gasteiger partial charge in [-0.25, -0.2) is 0 Å². The van der Waals surface area contributed by atoms with Crippen molar-refractivity contribution in [1.82, 2.24) is 3.11 Å². The van der Waals surface area contributed by atoms with Crippen LogP contribution in [0.25, 0.3) is 0 Å². The van der Waals surface area contributed by atoms with Gasteiger partial charge in [-0.3, -0.25) is 7.91 Å². The number of amides is 1. The van der Waals surface area contributed by atoms with E-state index in [1.807, 2.05) is 43.6 Å². The summed E-state index contributed by atoms with van der Waals surface area (Å²) in [7, 11) is 2.53. The maximum Gasteiger partial charge on any atom is 0.292 e. The molecule has 0 heterocycles. The second kappa shape index (κ2) is 8.46. The van der Waals surface area contributed by atoms with E-state index in [0.29, 0.717) is 0 Å². The van der Waals surface area contributed by atoms with Crippen molar-refractivity contribution in [3.05, 3.63) is 0 Å². The largest absolute Gasteiger partial charge is 0.292 e. The van der Waals surface area contributed by atoms with Crippen LogP contribution in [0.5, 0.6) is 0 Å². The highest BCUT2D eigenvalue weighted by Crippen LogP contribution is 2.15. The molecule has 0 rings (SSSR count). The van der Waals surface area contributed by atoms with Crippen LogP contribution in [0.3, 0.4) is 0 Å². The summed E-state index contributed by atoms with van der Waals surface area (Å²) in [6.45, 7) is 5.94. The van der Waals surface area contributed by atoms with E-state index in [4.69, 9.17) is 0 Å². The summed E-state index contributed by atoms with van der Waals surface area (Å²) in [6, 6.07) is 0. The van der Waals surface area contributed by atoms with Crippen LogP contribution in [0.2, 0.25) is 0 Å². The number of halogens is 2. The number of carbonyl (C=O) groups is 1. The van der Waals surface area contributed by atoms with Crippen LogP contribution in [0.1, 0.15) is 20.8 Å². The predicted octanol–water partition coefficient (Wildman–Crippen LogP) is 3.44. The number of rotatable bonds is 1. The van der Waals surface area contributed by atoms with Gasteiger partial charge in [-0.15, -0.1) is 9.24 Å². The molecule has 2 nitrogen and oxygen atoms in total. The summed E-state index contributed by atoms with van der Waals surface area (Å²) < 4.78 is 1.67. The average molecular weight is 387 g/mol. The van der Waals surface area contributed by atoms with Crippen LogP contribution in [-0.2, 0) is 0 Å². The molecule has 1 amide bonds. The quantitative estimate of drug-likeness (QED) is 0.222. The third-order valence-corrected chi connectivity index (χ3v) is 4.19. The third-order valence-electron chi connectivity index (χ3n) is 0.526. The van der Waals surface area contributed by atoms with Gasteiger partial charge in [0.05, 0.1) is 28.6 Å². The zero-order chi connectivity index (χ0) is 8.73. The van der Waals surface area contributed by atoms with Crippen molar-refractivity contribution in [3.63, 3.8) is 0 Å². The Morgan fingerprint density at radius 3 is 1.90 bits per heavy atom. The van der Waals surface area contributed by atoms with E-state index in [0.717, 1.165) is 0 Å². The van der Waals surface area contributed by atoms with Gasteiger partial charge >= 0.3 is 0 Å². The van der Waals surface area contributed by atoms with Gasteiger partial charge in [0.1, 0.15) is 0 Å². The first-order valence-corrected chi connectivity index (χ1v) is 5.66. The van der Waals surface area contributed by atoms with E-state index in [1.54, 1.807) is 25.7 Å². The van der Waals surface area contributed by atoms with E-state index in [-0.39, 0.29) is 9.70 Å². The van der Waals surface area contributed by atoms with Gasteiger partial charge in [0.2, 0.25) is 0 Å². The molecule has 0 aliphatic rings. The second-order valence-corrected chi connectivity index (χ2v) is 4.23. The van der Waals surface area contributed by atoms with E-state index in [9.17, 15) is 4.79 Å². The zero-order valence-electron chi connectivity index (χ0n) is 6.27. The molecule has 0 aromatic heterocycles. The van der Waals surface area contributed by atoms with E-state index in [1.165, 1.54) is 0 Å². The van der Waals surface area contributed by atoms with Crippen LogP contribution in [0.15, 0.2) is 0 Å². The Bertz CT molecular complexity index is 99.6. The van der Waals surface area contributed by atoms with Crippen molar-refractivity contribution < 1.29 is 4.79 Å². The molecule has 0 aliphatic heterocycles. The summed E-state index contributed by atoms with van der Waals surface area (Å²) in [4.78, 5) is 10.5. The molecule has 0 saturated heterocycles. The Morgan fingerprint density at radius 2 is 1.90 bits per heavy atom. The molecule has 0 aromatic carbocycles. The Labute approximate surface area is 92.3 Å². The van der Waals surface area contributed by atoms with Crippen molar-refractivity contribution in [2.45, 2.75) is 26.6 Å². The molecule has 0 fully saturated rings. The fraction of sp³-hybridized carbons (Fsp3) is 0.800. The molecule has 5 heteroatoms. The van der Waals surface area contributed by atoms with E-state index in [2.05, 4.69) is 9.24 Å². The molecule has 0 spiro atoms. The molecule has 0 radical (unpaired) electrons. The molecule has 62 valence electrons. The van der Waals surface area contributed by atoms with Crippen molar-refractivity contribution in [2.75, 3.05) is 0 Å². The molecule has 0 N–H and O–H groups in total. The standard InChI is InChI=1S/C3H6I2NOP.C2H6/c1-2(8)6(5)3(4)7;1-2/h2H,8H2,1H3;1-2H3. The summed E-state index contributed by atoms with van der Waals surface area (Å²) in [5.74, 6) is 0.222. The lowest BCUT2D eigenvalue weighted by Crippen LogP contribution is -2.18. The SMILES string of the molecule is CC.CC(P)N(I)C(=O)I. The van der Waals surface area contributed by atoms with E-state index < -0.39 is 0 Å². The zero-order valence-corrected chi connectivity index (χ0v) is 11.7. The number of carbonyl (C=O) groups excluding carboxylic acids is 1. The normalized spacial score (nSPS) is 11.0. The van der Waals surface area contributed by atoms with Crippen molar-refractivity contribution >= 4 is 58.6 Å². The fourth-order valence-electron chi connectivity index (χ4n) is 0.160. The monoisotopic (exact) mass is 387 g/mol. The van der Waals surface area contributed by atoms with Crippen LogP contribution in [0.4, 0.5) is 4.79 Å². The maximum absolute atomic E-state index is 10.5. The molecule has 0 aromatic rings. The second-order valence-electron chi connectivity index (χ2n) is 1.30. The number of nitrogens with zero attached hydrogens (tertiary/aromatic N) is 1. The number of hydrogen-bond acceptors (Lipinski definition) is 1. The van der Waals surface area contributed by atoms with Crippen LogP contribution in [-0.4, -0.2) is 12.8 Å². The molecular formula is C5H12I2NOP. The van der Waals surface area contributed by atoms with Gasteiger partial charge in [0, 0.05) is 22.6 Å². The minimum absolute atomic E-state index is 0.0608. The minimum Gasteiger partial charge on any atom is -0.270 e. The molecule has 0 saturated carbocycles. The highest BCUT2D eigenvalue weighted by molar-refractivity contribution is 14.1. The van der Waals surface area contributed by atoms with Crippen molar-refractivity contribution in [1.29, 1.82) is 0 Å². The smallest absolute Gasteiger partial charge is 0.270 e. The van der Waals surface area contributed by atoms with Gasteiger partial charge in [0.15, 0.2) is 0 Å². The topological polar surface area (TPSA) is 20.3 Å². The predicted molar refractivity (Wildman–Crippen MR) is 65.8 cm³/mol. The average Bonchev–Trinajstić information content (AvgIpc) is 1.90. The maximum atomic E-state index is 10.5. The molecule has 10 heavy (non-hydrogen) atoms. The lowest BCUT2D eigenvalue weighted by molar-refractivity contribution is 0.253. The minimum atomic E-state index is 0.0608. The lowest BCUT2D eigenvalue weighted by atomic mass is 10.8. The van der Waals surface area contributed by atoms with Crippen LogP contribution in [0, 0.1) is 0 Å². The highest BCUT2D eigenvalue weighted by atomic mass is 127. The highest BCUT2D eigenvalue weighted by Gasteiger charge is 2.08. The first kappa shape index (κ1) is 13.9. The summed E-state index contributed by atoms with van der Waals surface area (Å²) in [5.41, 5.74) is 0. The third kappa shape index (κ3) is 7.47. The lowest BCUT2D eigenvalue weighted by Gasteiger charge is -2.13. The van der Waals surface area contributed by atoms with Gasteiger partial charge in [-0.2, -0.15) is 0 Å². The molecule has 2 atom stereocenters. The van der Waals surface area contributed by atoms with Gasteiger partial charge in [-0.05, 0) is 6.92 Å².